The Bertz CT molecular complexity index is 1340. The van der Waals surface area contributed by atoms with Gasteiger partial charge >= 0.3 is 7.60 Å². The van der Waals surface area contributed by atoms with E-state index in [0.29, 0.717) is 24.1 Å². The first-order valence-electron chi connectivity index (χ1n) is 11.7. The number of methoxy groups -OCH3 is 1. The van der Waals surface area contributed by atoms with Gasteiger partial charge in [-0.25, -0.2) is 0 Å². The molecule has 7 nitrogen and oxygen atoms in total. The molecule has 0 atom stereocenters. The second-order valence-electron chi connectivity index (χ2n) is 8.07. The van der Waals surface area contributed by atoms with Crippen LogP contribution in [0.4, 0.5) is 11.4 Å². The summed E-state index contributed by atoms with van der Waals surface area (Å²) in [4.78, 5) is 3.45. The van der Waals surface area contributed by atoms with Crippen LogP contribution in [-0.4, -0.2) is 30.4 Å². The molecule has 3 N–H and O–H groups in total. The maximum Gasteiger partial charge on any atom is 0.335 e. The van der Waals surface area contributed by atoms with Gasteiger partial charge in [0.1, 0.15) is 5.75 Å². The van der Waals surface area contributed by atoms with Gasteiger partial charge in [-0.05, 0) is 74.1 Å². The van der Waals surface area contributed by atoms with Crippen molar-refractivity contribution < 1.29 is 18.3 Å². The molecule has 0 aliphatic heterocycles. The summed E-state index contributed by atoms with van der Waals surface area (Å²) in [6, 6.07) is 23.7. The third-order valence-electron chi connectivity index (χ3n) is 5.53. The Hall–Kier alpha value is -3.16. The van der Waals surface area contributed by atoms with Crippen molar-refractivity contribution in [3.05, 3.63) is 78.4 Å². The Morgan fingerprint density at radius 1 is 0.944 bits per heavy atom. The van der Waals surface area contributed by atoms with Gasteiger partial charge in [-0.1, -0.05) is 30.3 Å². The lowest BCUT2D eigenvalue weighted by Crippen LogP contribution is -2.19. The molecule has 0 spiro atoms. The zero-order chi connectivity index (χ0) is 25.5. The smallest absolute Gasteiger partial charge is 0.335 e. The van der Waals surface area contributed by atoms with Crippen LogP contribution in [0.1, 0.15) is 19.4 Å². The van der Waals surface area contributed by atoms with Crippen LogP contribution in [0.5, 0.6) is 5.75 Å². The zero-order valence-corrected chi connectivity index (χ0v) is 22.2. The lowest BCUT2D eigenvalue weighted by molar-refractivity contribution is 0.219. The zero-order valence-electron chi connectivity index (χ0n) is 20.5. The number of aromatic amines is 1. The molecular weight excluding hydrogens is 493 g/mol. The summed E-state index contributed by atoms with van der Waals surface area (Å²) >= 11 is 5.56. The first-order chi connectivity index (χ1) is 17.4. The lowest BCUT2D eigenvalue weighted by atomic mass is 10.1. The molecule has 0 aliphatic rings. The average Bonchev–Trinajstić information content (AvgIpc) is 3.30. The van der Waals surface area contributed by atoms with Crippen LogP contribution in [0.3, 0.4) is 0 Å². The van der Waals surface area contributed by atoms with Gasteiger partial charge in [-0.15, -0.1) is 0 Å². The van der Waals surface area contributed by atoms with Crippen LogP contribution in [0.25, 0.3) is 22.2 Å². The van der Waals surface area contributed by atoms with Crippen molar-refractivity contribution in [2.45, 2.75) is 20.0 Å². The third-order valence-corrected chi connectivity index (χ3v) is 7.79. The van der Waals surface area contributed by atoms with Crippen molar-refractivity contribution in [3.8, 4) is 17.0 Å². The van der Waals surface area contributed by atoms with E-state index in [1.54, 1.807) is 21.0 Å². The number of benzene rings is 3. The molecule has 4 aromatic rings. The molecule has 188 valence electrons. The summed E-state index contributed by atoms with van der Waals surface area (Å²) in [6.45, 7) is 4.28. The van der Waals surface area contributed by atoms with E-state index in [-0.39, 0.29) is 6.16 Å². The molecule has 0 bridgehead atoms. The predicted octanol–water partition coefficient (Wildman–Crippen LogP) is 7.42. The van der Waals surface area contributed by atoms with Crippen molar-refractivity contribution in [2.75, 3.05) is 31.0 Å². The number of para-hydroxylation sites is 1. The number of nitrogens with one attached hydrogen (secondary N) is 3. The number of thiocarbonyl (C=S) groups is 1. The minimum absolute atomic E-state index is 0.218. The Balaban J connectivity index is 1.45. The molecule has 0 unspecified atom stereocenters. The highest BCUT2D eigenvalue weighted by Crippen LogP contribution is 2.51. The summed E-state index contributed by atoms with van der Waals surface area (Å²) in [7, 11) is -1.53. The first-order valence-corrected chi connectivity index (χ1v) is 13.9. The van der Waals surface area contributed by atoms with Crippen LogP contribution in [-0.2, 0) is 19.8 Å². The van der Waals surface area contributed by atoms with E-state index in [1.807, 2.05) is 54.6 Å². The molecule has 0 radical (unpaired) electrons. The van der Waals surface area contributed by atoms with Crippen LogP contribution in [0, 0.1) is 0 Å². The molecule has 1 aromatic heterocycles. The van der Waals surface area contributed by atoms with Crippen LogP contribution < -0.4 is 15.4 Å². The molecule has 9 heteroatoms. The number of hydrogen-bond donors (Lipinski definition) is 3. The molecule has 0 fully saturated rings. The largest absolute Gasteiger partial charge is 0.495 e. The Labute approximate surface area is 216 Å². The highest BCUT2D eigenvalue weighted by atomic mass is 32.1. The molecule has 3 aromatic carbocycles. The number of fused-ring (bicyclic) bond motifs is 1. The first kappa shape index (κ1) is 25.9. The van der Waals surface area contributed by atoms with Gasteiger partial charge < -0.3 is 29.4 Å². The minimum Gasteiger partial charge on any atom is -0.495 e. The number of aromatic nitrogens is 1. The van der Waals surface area contributed by atoms with E-state index >= 15 is 0 Å². The monoisotopic (exact) mass is 523 g/mol. The van der Waals surface area contributed by atoms with Gasteiger partial charge in [0.15, 0.2) is 5.11 Å². The number of H-pyrrole nitrogens is 1. The molecule has 0 saturated heterocycles. The quantitative estimate of drug-likeness (QED) is 0.147. The number of ether oxygens (including phenoxy) is 1. The fourth-order valence-electron chi connectivity index (χ4n) is 3.93. The van der Waals surface area contributed by atoms with E-state index in [1.165, 1.54) is 0 Å². The van der Waals surface area contributed by atoms with Gasteiger partial charge in [-0.3, -0.25) is 4.57 Å². The summed E-state index contributed by atoms with van der Waals surface area (Å²) in [6.07, 6.45) is 0.218. The molecule has 0 saturated carbocycles. The minimum atomic E-state index is -3.15. The van der Waals surface area contributed by atoms with Crippen molar-refractivity contribution in [1.29, 1.82) is 0 Å². The fraction of sp³-hybridized carbons (Fsp3) is 0.222. The van der Waals surface area contributed by atoms with Crippen molar-refractivity contribution in [3.63, 3.8) is 0 Å². The standard InChI is InChI=1S/C27H30N3O4PS/c1-4-33-35(31,34-5-2)18-19-10-13-22(14-11-19)28-27(36)30-25-17-21(12-15-26(25)32-3)24-16-20-8-6-7-9-23(20)29-24/h6-17,29H,4-5,18H2,1-3H3,(H2,28,30,36). The van der Waals surface area contributed by atoms with Crippen LogP contribution >= 0.6 is 19.8 Å². The van der Waals surface area contributed by atoms with Gasteiger partial charge in [0.25, 0.3) is 0 Å². The maximum atomic E-state index is 12.8. The highest BCUT2D eigenvalue weighted by molar-refractivity contribution is 7.80. The van der Waals surface area contributed by atoms with E-state index in [9.17, 15) is 4.57 Å². The molecule has 4 rings (SSSR count). The average molecular weight is 524 g/mol. The SMILES string of the molecule is CCOP(=O)(Cc1ccc(NC(=S)Nc2cc(-c3cc4ccccc4[nH]3)ccc2OC)cc1)OCC. The predicted molar refractivity (Wildman–Crippen MR) is 151 cm³/mol. The van der Waals surface area contributed by atoms with E-state index < -0.39 is 7.60 Å². The van der Waals surface area contributed by atoms with Crippen molar-refractivity contribution in [1.82, 2.24) is 4.98 Å². The number of hydrogen-bond acceptors (Lipinski definition) is 5. The van der Waals surface area contributed by atoms with Crippen LogP contribution in [0.2, 0.25) is 0 Å². The number of anilines is 2. The maximum absolute atomic E-state index is 12.8. The van der Waals surface area contributed by atoms with Gasteiger partial charge in [0.2, 0.25) is 0 Å². The Kier molecular flexibility index (Phi) is 8.44. The van der Waals surface area contributed by atoms with E-state index in [4.69, 9.17) is 26.0 Å². The second kappa shape index (κ2) is 11.7. The van der Waals surface area contributed by atoms with Crippen LogP contribution in [0.15, 0.2) is 72.8 Å². The lowest BCUT2D eigenvalue weighted by Gasteiger charge is -2.17. The van der Waals surface area contributed by atoms with Gasteiger partial charge in [0, 0.05) is 27.8 Å². The number of rotatable bonds is 10. The molecule has 0 amide bonds. The summed E-state index contributed by atoms with van der Waals surface area (Å²) in [5.41, 5.74) is 5.50. The van der Waals surface area contributed by atoms with Crippen molar-refractivity contribution >= 4 is 47.2 Å². The summed E-state index contributed by atoms with van der Waals surface area (Å²) in [5.74, 6) is 0.678. The Morgan fingerprint density at radius 2 is 1.67 bits per heavy atom. The normalized spacial score (nSPS) is 11.4. The topological polar surface area (TPSA) is 84.6 Å². The molecule has 0 aliphatic carbocycles. The van der Waals surface area contributed by atoms with E-state index in [2.05, 4.69) is 33.8 Å². The summed E-state index contributed by atoms with van der Waals surface area (Å²) < 4.78 is 29.1. The Morgan fingerprint density at radius 3 is 2.33 bits per heavy atom. The summed E-state index contributed by atoms with van der Waals surface area (Å²) in [5, 5.41) is 8.00. The molecule has 1 heterocycles. The highest BCUT2D eigenvalue weighted by Gasteiger charge is 2.23. The molecular formula is C27H30N3O4PS. The van der Waals surface area contributed by atoms with E-state index in [0.717, 1.165) is 39.1 Å². The third kappa shape index (κ3) is 6.33. The molecule has 36 heavy (non-hydrogen) atoms. The second-order valence-corrected chi connectivity index (χ2v) is 10.5. The fourth-order valence-corrected chi connectivity index (χ4v) is 5.86. The van der Waals surface area contributed by atoms with Gasteiger partial charge in [-0.2, -0.15) is 0 Å². The van der Waals surface area contributed by atoms with Gasteiger partial charge in [0.05, 0.1) is 32.2 Å². The van der Waals surface area contributed by atoms with Crippen molar-refractivity contribution in [2.24, 2.45) is 0 Å².